The van der Waals surface area contributed by atoms with Gasteiger partial charge in [-0.25, -0.2) is 4.98 Å². The summed E-state index contributed by atoms with van der Waals surface area (Å²) in [7, 11) is 0. The van der Waals surface area contributed by atoms with E-state index in [2.05, 4.69) is 15.0 Å². The molecule has 2 heterocycles. The van der Waals surface area contributed by atoms with Crippen molar-refractivity contribution < 1.29 is 4.74 Å². The summed E-state index contributed by atoms with van der Waals surface area (Å²) in [5, 5.41) is 0. The highest BCUT2D eigenvalue weighted by Crippen LogP contribution is 2.23. The van der Waals surface area contributed by atoms with Gasteiger partial charge in [0.15, 0.2) is 5.82 Å². The molecule has 2 N–H and O–H groups in total. The van der Waals surface area contributed by atoms with Crippen LogP contribution >= 0.6 is 0 Å². The zero-order valence-electron chi connectivity index (χ0n) is 11.3. The van der Waals surface area contributed by atoms with Gasteiger partial charge < -0.3 is 10.5 Å². The van der Waals surface area contributed by atoms with Crippen LogP contribution in [0.2, 0.25) is 0 Å². The number of hydrogen-bond acceptors (Lipinski definition) is 5. The molecule has 2 aromatic heterocycles. The standard InChI is InChI=1S/C15H18N4O/c16-12-3-5-13(6-4-12)20-14-7-9-18-15(19-14)11-2-1-8-17-10-11/h1-2,7-10,12-13H,3-6,16H2. The summed E-state index contributed by atoms with van der Waals surface area (Å²) < 4.78 is 5.94. The lowest BCUT2D eigenvalue weighted by Gasteiger charge is -2.26. The van der Waals surface area contributed by atoms with Crippen LogP contribution in [0.3, 0.4) is 0 Å². The first-order valence-corrected chi connectivity index (χ1v) is 6.97. The van der Waals surface area contributed by atoms with Gasteiger partial charge in [0.1, 0.15) is 6.10 Å². The third-order valence-electron chi connectivity index (χ3n) is 3.56. The summed E-state index contributed by atoms with van der Waals surface area (Å²) in [5.74, 6) is 1.27. The molecule has 0 aromatic carbocycles. The molecule has 5 heteroatoms. The molecule has 20 heavy (non-hydrogen) atoms. The second kappa shape index (κ2) is 5.96. The van der Waals surface area contributed by atoms with Crippen LogP contribution in [0, 0.1) is 0 Å². The van der Waals surface area contributed by atoms with E-state index in [1.165, 1.54) is 0 Å². The average molecular weight is 270 g/mol. The molecule has 104 valence electrons. The zero-order valence-corrected chi connectivity index (χ0v) is 11.3. The molecule has 2 aromatic rings. The van der Waals surface area contributed by atoms with Gasteiger partial charge >= 0.3 is 0 Å². The first kappa shape index (κ1) is 13.0. The van der Waals surface area contributed by atoms with Crippen LogP contribution in [0.5, 0.6) is 5.88 Å². The Morgan fingerprint density at radius 1 is 1.10 bits per heavy atom. The fraction of sp³-hybridized carbons (Fsp3) is 0.400. The van der Waals surface area contributed by atoms with Gasteiger partial charge in [-0.05, 0) is 37.8 Å². The first-order chi connectivity index (χ1) is 9.81. The maximum absolute atomic E-state index is 5.94. The number of nitrogens with zero attached hydrogens (tertiary/aromatic N) is 3. The van der Waals surface area contributed by atoms with Gasteiger partial charge in [-0.2, -0.15) is 4.98 Å². The fourth-order valence-corrected chi connectivity index (χ4v) is 2.42. The lowest BCUT2D eigenvalue weighted by atomic mass is 9.94. The molecule has 0 amide bonds. The Morgan fingerprint density at radius 3 is 2.70 bits per heavy atom. The predicted molar refractivity (Wildman–Crippen MR) is 76.1 cm³/mol. The van der Waals surface area contributed by atoms with Crippen LogP contribution in [0.25, 0.3) is 11.4 Å². The Labute approximate surface area is 118 Å². The second-order valence-corrected chi connectivity index (χ2v) is 5.11. The molecule has 1 fully saturated rings. The van der Waals surface area contributed by atoms with E-state index >= 15 is 0 Å². The van der Waals surface area contributed by atoms with Crippen molar-refractivity contribution in [2.75, 3.05) is 0 Å². The number of aromatic nitrogens is 3. The average Bonchev–Trinajstić information content (AvgIpc) is 2.51. The van der Waals surface area contributed by atoms with E-state index in [0.29, 0.717) is 17.7 Å². The number of nitrogens with two attached hydrogens (primary N) is 1. The quantitative estimate of drug-likeness (QED) is 0.925. The van der Waals surface area contributed by atoms with Gasteiger partial charge in [-0.3, -0.25) is 4.98 Å². The Morgan fingerprint density at radius 2 is 1.95 bits per heavy atom. The SMILES string of the molecule is NC1CCC(Oc2ccnc(-c3cccnc3)n2)CC1. The number of ether oxygens (including phenoxy) is 1. The van der Waals surface area contributed by atoms with Crippen molar-refractivity contribution in [1.82, 2.24) is 15.0 Å². The molecule has 1 saturated carbocycles. The summed E-state index contributed by atoms with van der Waals surface area (Å²) >= 11 is 0. The molecule has 0 radical (unpaired) electrons. The summed E-state index contributed by atoms with van der Waals surface area (Å²) in [6.45, 7) is 0. The highest BCUT2D eigenvalue weighted by atomic mass is 16.5. The van der Waals surface area contributed by atoms with Gasteiger partial charge in [0, 0.05) is 36.3 Å². The number of pyridine rings is 1. The van der Waals surface area contributed by atoms with Crippen molar-refractivity contribution in [1.29, 1.82) is 0 Å². The molecule has 0 saturated heterocycles. The van der Waals surface area contributed by atoms with Crippen LogP contribution in [0.4, 0.5) is 0 Å². The summed E-state index contributed by atoms with van der Waals surface area (Å²) in [4.78, 5) is 12.8. The van der Waals surface area contributed by atoms with Crippen LogP contribution < -0.4 is 10.5 Å². The van der Waals surface area contributed by atoms with E-state index in [1.54, 1.807) is 24.7 Å². The minimum Gasteiger partial charge on any atom is -0.474 e. The van der Waals surface area contributed by atoms with Crippen molar-refractivity contribution in [3.8, 4) is 17.3 Å². The molecule has 0 bridgehead atoms. The van der Waals surface area contributed by atoms with Gasteiger partial charge in [-0.1, -0.05) is 0 Å². The zero-order chi connectivity index (χ0) is 13.8. The summed E-state index contributed by atoms with van der Waals surface area (Å²) in [6, 6.07) is 5.93. The summed E-state index contributed by atoms with van der Waals surface area (Å²) in [6.07, 6.45) is 9.44. The van der Waals surface area contributed by atoms with Gasteiger partial charge in [0.2, 0.25) is 5.88 Å². The van der Waals surface area contributed by atoms with Crippen molar-refractivity contribution in [2.24, 2.45) is 5.73 Å². The number of hydrogen-bond donors (Lipinski definition) is 1. The molecular weight excluding hydrogens is 252 g/mol. The van der Waals surface area contributed by atoms with E-state index in [4.69, 9.17) is 10.5 Å². The fourth-order valence-electron chi connectivity index (χ4n) is 2.42. The highest BCUT2D eigenvalue weighted by Gasteiger charge is 2.20. The molecular formula is C15H18N4O. The van der Waals surface area contributed by atoms with Crippen LogP contribution in [-0.2, 0) is 0 Å². The van der Waals surface area contributed by atoms with Crippen LogP contribution in [0.1, 0.15) is 25.7 Å². The second-order valence-electron chi connectivity index (χ2n) is 5.11. The molecule has 0 unspecified atom stereocenters. The van der Waals surface area contributed by atoms with E-state index < -0.39 is 0 Å². The minimum atomic E-state index is 0.214. The van der Waals surface area contributed by atoms with Crippen LogP contribution in [-0.4, -0.2) is 27.1 Å². The maximum atomic E-state index is 5.94. The summed E-state index contributed by atoms with van der Waals surface area (Å²) in [5.41, 5.74) is 6.79. The minimum absolute atomic E-state index is 0.214. The third-order valence-corrected chi connectivity index (χ3v) is 3.56. The maximum Gasteiger partial charge on any atom is 0.217 e. The van der Waals surface area contributed by atoms with Gasteiger partial charge in [0.25, 0.3) is 0 Å². The first-order valence-electron chi connectivity index (χ1n) is 6.97. The topological polar surface area (TPSA) is 73.9 Å². The van der Waals surface area contributed by atoms with Crippen LogP contribution in [0.15, 0.2) is 36.8 Å². The largest absolute Gasteiger partial charge is 0.474 e. The van der Waals surface area contributed by atoms with Crippen molar-refractivity contribution in [3.05, 3.63) is 36.8 Å². The predicted octanol–water partition coefficient (Wildman–Crippen LogP) is 2.19. The normalized spacial score (nSPS) is 22.4. The molecule has 3 rings (SSSR count). The monoisotopic (exact) mass is 270 g/mol. The van der Waals surface area contributed by atoms with E-state index in [9.17, 15) is 0 Å². The van der Waals surface area contributed by atoms with Gasteiger partial charge in [0.05, 0.1) is 0 Å². The van der Waals surface area contributed by atoms with Crippen molar-refractivity contribution in [2.45, 2.75) is 37.8 Å². The van der Waals surface area contributed by atoms with Crippen molar-refractivity contribution in [3.63, 3.8) is 0 Å². The molecule has 0 atom stereocenters. The smallest absolute Gasteiger partial charge is 0.217 e. The molecule has 0 spiro atoms. The van der Waals surface area contributed by atoms with E-state index in [0.717, 1.165) is 31.2 Å². The van der Waals surface area contributed by atoms with Crippen molar-refractivity contribution >= 4 is 0 Å². The molecule has 1 aliphatic carbocycles. The Balaban J connectivity index is 1.72. The highest BCUT2D eigenvalue weighted by molar-refractivity contribution is 5.53. The lowest BCUT2D eigenvalue weighted by molar-refractivity contribution is 0.141. The number of rotatable bonds is 3. The Kier molecular flexibility index (Phi) is 3.87. The lowest BCUT2D eigenvalue weighted by Crippen LogP contribution is -2.31. The third kappa shape index (κ3) is 3.11. The van der Waals surface area contributed by atoms with E-state index in [1.807, 2.05) is 12.1 Å². The molecule has 0 aliphatic heterocycles. The van der Waals surface area contributed by atoms with E-state index in [-0.39, 0.29) is 6.10 Å². The molecule has 5 nitrogen and oxygen atoms in total. The van der Waals surface area contributed by atoms with Gasteiger partial charge in [-0.15, -0.1) is 0 Å². The Bertz CT molecular complexity index is 553. The Hall–Kier alpha value is -2.01. The molecule has 1 aliphatic rings.